The molecule has 25 heavy (non-hydrogen) atoms. The van der Waals surface area contributed by atoms with E-state index in [1.165, 1.54) is 24.3 Å². The van der Waals surface area contributed by atoms with Crippen LogP contribution in [0.5, 0.6) is 0 Å². The maximum absolute atomic E-state index is 9.39. The molecule has 2 aromatic rings. The number of rotatable bonds is 3. The summed E-state index contributed by atoms with van der Waals surface area (Å²) in [6.07, 6.45) is 4.10. The molecule has 0 spiro atoms. The Kier molecular flexibility index (Phi) is 5.91. The third kappa shape index (κ3) is 4.72. The van der Waals surface area contributed by atoms with Crippen LogP contribution in [-0.4, -0.2) is 5.26 Å². The molecule has 0 bridgehead atoms. The molecular weight excluding hydrogens is 308 g/mol. The van der Waals surface area contributed by atoms with Gasteiger partial charge < -0.3 is 0 Å². The van der Waals surface area contributed by atoms with Crippen LogP contribution in [0.2, 0.25) is 0 Å². The Balaban J connectivity index is 1.70. The summed E-state index contributed by atoms with van der Waals surface area (Å²) in [5.74, 6) is 8.43. The minimum atomic E-state index is -0.313. The Hall–Kier alpha value is -2.08. The number of hydrogen-bond donors (Lipinski definition) is 1. The lowest BCUT2D eigenvalue weighted by Crippen LogP contribution is -2.19. The molecule has 2 heteroatoms. The topological polar surface area (TPSA) is 29.5 Å². The normalized spacial score (nSPS) is 16.9. The van der Waals surface area contributed by atoms with Gasteiger partial charge in [-0.15, -0.1) is 0 Å². The van der Waals surface area contributed by atoms with Gasteiger partial charge in [-0.3, -0.25) is 5.26 Å². The minimum Gasteiger partial charge on any atom is -0.251 e. The van der Waals surface area contributed by atoms with Gasteiger partial charge in [0.05, 0.1) is 0 Å². The first kappa shape index (κ1) is 17.7. The summed E-state index contributed by atoms with van der Waals surface area (Å²) in [5.41, 5.74) is 4.20. The molecule has 129 valence electrons. The van der Waals surface area contributed by atoms with E-state index in [4.69, 9.17) is 4.89 Å². The van der Waals surface area contributed by atoms with Gasteiger partial charge in [0.1, 0.15) is 6.10 Å². The van der Waals surface area contributed by atoms with Crippen molar-refractivity contribution in [3.05, 3.63) is 76.7 Å². The molecule has 1 atom stereocenters. The van der Waals surface area contributed by atoms with E-state index in [0.717, 1.165) is 35.4 Å². The third-order valence-electron chi connectivity index (χ3n) is 5.01. The highest BCUT2D eigenvalue weighted by Crippen LogP contribution is 2.40. The number of aryl methyl sites for hydroxylation is 1. The van der Waals surface area contributed by atoms with Crippen molar-refractivity contribution in [1.29, 1.82) is 0 Å². The fourth-order valence-electron chi connectivity index (χ4n) is 3.29. The van der Waals surface area contributed by atoms with E-state index in [1.807, 2.05) is 36.4 Å². The zero-order chi connectivity index (χ0) is 17.6. The average Bonchev–Trinajstić information content (AvgIpc) is 2.64. The molecule has 0 aromatic heterocycles. The summed E-state index contributed by atoms with van der Waals surface area (Å²) in [5, 5.41) is 9.39. The highest BCUT2D eigenvalue weighted by atomic mass is 17.1. The first-order chi connectivity index (χ1) is 12.2. The molecule has 1 radical (unpaired) electrons. The molecule has 3 rings (SSSR count). The summed E-state index contributed by atoms with van der Waals surface area (Å²) in [6.45, 7) is 4.35. The van der Waals surface area contributed by atoms with E-state index < -0.39 is 0 Å². The highest BCUT2D eigenvalue weighted by Gasteiger charge is 2.28. The van der Waals surface area contributed by atoms with Crippen LogP contribution in [-0.2, 0) is 4.89 Å². The maximum atomic E-state index is 9.39. The lowest BCUT2D eigenvalue weighted by molar-refractivity contribution is -0.278. The maximum Gasteiger partial charge on any atom is 0.124 e. The minimum absolute atomic E-state index is 0.313. The van der Waals surface area contributed by atoms with Gasteiger partial charge in [-0.2, -0.15) is 0 Å². The molecule has 1 fully saturated rings. The van der Waals surface area contributed by atoms with Crippen LogP contribution in [0.4, 0.5) is 0 Å². The second-order valence-electron chi connectivity index (χ2n) is 7.06. The standard InChI is InChI=1S/C23H25O2/c1-17-3-7-19(8-4-17)9-10-20-11-15-22(16-12-20)23(25-24)21-13-5-18(2)6-14-21/h3-4,7-8,11-12,15-16,18,23-24H,5-6,13-14H2,1-2H3. The zero-order valence-electron chi connectivity index (χ0n) is 15.0. The molecule has 1 aliphatic carbocycles. The van der Waals surface area contributed by atoms with Gasteiger partial charge in [0.15, 0.2) is 0 Å². The molecule has 1 saturated carbocycles. The van der Waals surface area contributed by atoms with Gasteiger partial charge >= 0.3 is 0 Å². The van der Waals surface area contributed by atoms with Crippen LogP contribution < -0.4 is 0 Å². The molecule has 1 unspecified atom stereocenters. The molecule has 0 aliphatic heterocycles. The second-order valence-corrected chi connectivity index (χ2v) is 7.06. The highest BCUT2D eigenvalue weighted by molar-refractivity contribution is 5.44. The van der Waals surface area contributed by atoms with Crippen molar-refractivity contribution in [2.45, 2.75) is 45.6 Å². The fourth-order valence-corrected chi connectivity index (χ4v) is 3.29. The Bertz CT molecular complexity index is 726. The Morgan fingerprint density at radius 2 is 1.44 bits per heavy atom. The zero-order valence-corrected chi connectivity index (χ0v) is 15.0. The van der Waals surface area contributed by atoms with Gasteiger partial charge in [0, 0.05) is 17.0 Å². The van der Waals surface area contributed by atoms with Crippen LogP contribution in [0.25, 0.3) is 0 Å². The third-order valence-corrected chi connectivity index (χ3v) is 5.01. The van der Waals surface area contributed by atoms with Gasteiger partial charge in [-0.1, -0.05) is 61.4 Å². The van der Waals surface area contributed by atoms with Crippen LogP contribution in [0, 0.1) is 30.6 Å². The quantitative estimate of drug-likeness (QED) is 0.443. The summed E-state index contributed by atoms with van der Waals surface area (Å²) >= 11 is 0. The first-order valence-electron chi connectivity index (χ1n) is 8.99. The van der Waals surface area contributed by atoms with Crippen LogP contribution in [0.1, 0.15) is 61.0 Å². The Morgan fingerprint density at radius 1 is 0.920 bits per heavy atom. The SMILES string of the molecule is Cc1ccc(C#Cc2ccc(C(OO)[C]3CCC(C)CC3)cc2)cc1. The molecule has 0 amide bonds. The molecule has 2 nitrogen and oxygen atoms in total. The van der Waals surface area contributed by atoms with E-state index >= 15 is 0 Å². The van der Waals surface area contributed by atoms with Crippen molar-refractivity contribution in [1.82, 2.24) is 0 Å². The Morgan fingerprint density at radius 3 is 1.96 bits per heavy atom. The van der Waals surface area contributed by atoms with Crippen molar-refractivity contribution in [2.75, 3.05) is 0 Å². The van der Waals surface area contributed by atoms with Gasteiger partial charge in [-0.25, -0.2) is 4.89 Å². The van der Waals surface area contributed by atoms with E-state index in [-0.39, 0.29) is 6.10 Å². The number of hydrogen-bond acceptors (Lipinski definition) is 2. The van der Waals surface area contributed by atoms with Crippen molar-refractivity contribution >= 4 is 0 Å². The second kappa shape index (κ2) is 8.34. The van der Waals surface area contributed by atoms with Gasteiger partial charge in [-0.05, 0) is 55.5 Å². The summed E-state index contributed by atoms with van der Waals surface area (Å²) in [7, 11) is 0. The van der Waals surface area contributed by atoms with Crippen molar-refractivity contribution in [3.8, 4) is 11.8 Å². The molecule has 0 saturated heterocycles. The van der Waals surface area contributed by atoms with E-state index in [1.54, 1.807) is 0 Å². The summed E-state index contributed by atoms with van der Waals surface area (Å²) in [4.78, 5) is 4.82. The average molecular weight is 333 g/mol. The van der Waals surface area contributed by atoms with Crippen LogP contribution >= 0.6 is 0 Å². The summed E-state index contributed by atoms with van der Waals surface area (Å²) < 4.78 is 0. The Labute approximate surface area is 150 Å². The van der Waals surface area contributed by atoms with Crippen molar-refractivity contribution in [2.24, 2.45) is 5.92 Å². The molecule has 2 aromatic carbocycles. The molecule has 1 N–H and O–H groups in total. The van der Waals surface area contributed by atoms with Crippen molar-refractivity contribution in [3.63, 3.8) is 0 Å². The predicted octanol–water partition coefficient (Wildman–Crippen LogP) is 5.71. The molecule has 0 heterocycles. The van der Waals surface area contributed by atoms with E-state index in [9.17, 15) is 5.26 Å². The summed E-state index contributed by atoms with van der Waals surface area (Å²) in [6, 6.07) is 16.2. The first-order valence-corrected chi connectivity index (χ1v) is 8.99. The lowest BCUT2D eigenvalue weighted by Gasteiger charge is -2.30. The molecule has 1 aliphatic rings. The van der Waals surface area contributed by atoms with E-state index in [0.29, 0.717) is 0 Å². The van der Waals surface area contributed by atoms with Crippen LogP contribution in [0.3, 0.4) is 0 Å². The van der Waals surface area contributed by atoms with Crippen molar-refractivity contribution < 1.29 is 10.1 Å². The predicted molar refractivity (Wildman–Crippen MR) is 101 cm³/mol. The smallest absolute Gasteiger partial charge is 0.124 e. The van der Waals surface area contributed by atoms with Gasteiger partial charge in [0.25, 0.3) is 0 Å². The van der Waals surface area contributed by atoms with Gasteiger partial charge in [0.2, 0.25) is 0 Å². The fraction of sp³-hybridized carbons (Fsp3) is 0.348. The molecular formula is C23H25O2. The van der Waals surface area contributed by atoms with Crippen LogP contribution in [0.15, 0.2) is 48.5 Å². The van der Waals surface area contributed by atoms with E-state index in [2.05, 4.69) is 37.8 Å². The number of benzene rings is 2. The monoisotopic (exact) mass is 333 g/mol. The lowest BCUT2D eigenvalue weighted by atomic mass is 9.78. The largest absolute Gasteiger partial charge is 0.251 e.